The molecule has 1 amide bonds. The lowest BCUT2D eigenvalue weighted by Crippen LogP contribution is -2.35. The van der Waals surface area contributed by atoms with Crippen molar-refractivity contribution in [1.29, 1.82) is 0 Å². The van der Waals surface area contributed by atoms with Gasteiger partial charge in [-0.15, -0.1) is 0 Å². The van der Waals surface area contributed by atoms with E-state index in [2.05, 4.69) is 29.2 Å². The molecule has 0 saturated carbocycles. The van der Waals surface area contributed by atoms with Crippen molar-refractivity contribution >= 4 is 11.7 Å². The van der Waals surface area contributed by atoms with Crippen LogP contribution in [0.2, 0.25) is 0 Å². The van der Waals surface area contributed by atoms with Crippen LogP contribution in [0.25, 0.3) is 0 Å². The van der Waals surface area contributed by atoms with Crippen molar-refractivity contribution in [3.05, 3.63) is 71.8 Å². The Morgan fingerprint density at radius 3 is 2.19 bits per heavy atom. The Bertz CT molecular complexity index is 715. The topological polar surface area (TPSA) is 40.6 Å². The Hall–Kier alpha value is -2.46. The van der Waals surface area contributed by atoms with Crippen LogP contribution in [-0.4, -0.2) is 47.7 Å². The number of rotatable bonds is 6. The third kappa shape index (κ3) is 5.27. The van der Waals surface area contributed by atoms with E-state index in [9.17, 15) is 9.59 Å². The summed E-state index contributed by atoms with van der Waals surface area (Å²) < 4.78 is 0. The molecular formula is C22H26N2O2. The monoisotopic (exact) mass is 350 g/mol. The van der Waals surface area contributed by atoms with E-state index in [0.29, 0.717) is 12.0 Å². The van der Waals surface area contributed by atoms with Gasteiger partial charge in [-0.2, -0.15) is 0 Å². The van der Waals surface area contributed by atoms with E-state index < -0.39 is 0 Å². The van der Waals surface area contributed by atoms with Crippen molar-refractivity contribution in [2.45, 2.75) is 25.8 Å². The molecule has 1 fully saturated rings. The number of nitrogens with zero attached hydrogens (tertiary/aromatic N) is 2. The first-order valence-corrected chi connectivity index (χ1v) is 9.35. The van der Waals surface area contributed by atoms with Gasteiger partial charge in [0.2, 0.25) is 5.91 Å². The van der Waals surface area contributed by atoms with E-state index in [0.717, 1.165) is 39.1 Å². The third-order valence-electron chi connectivity index (χ3n) is 4.85. The predicted molar refractivity (Wildman–Crippen MR) is 103 cm³/mol. The van der Waals surface area contributed by atoms with Gasteiger partial charge in [0, 0.05) is 51.1 Å². The van der Waals surface area contributed by atoms with Crippen LogP contribution in [0.3, 0.4) is 0 Å². The summed E-state index contributed by atoms with van der Waals surface area (Å²) in [5, 5.41) is 0. The fraction of sp³-hybridized carbons (Fsp3) is 0.364. The molecule has 4 heteroatoms. The lowest BCUT2D eigenvalue weighted by atomic mass is 10.1. The Kier molecular flexibility index (Phi) is 6.56. The second-order valence-corrected chi connectivity index (χ2v) is 6.79. The van der Waals surface area contributed by atoms with Crippen LogP contribution in [0.5, 0.6) is 0 Å². The summed E-state index contributed by atoms with van der Waals surface area (Å²) in [6, 6.07) is 19.6. The summed E-state index contributed by atoms with van der Waals surface area (Å²) in [5.41, 5.74) is 1.99. The van der Waals surface area contributed by atoms with E-state index in [-0.39, 0.29) is 18.1 Å². The fourth-order valence-corrected chi connectivity index (χ4v) is 3.37. The van der Waals surface area contributed by atoms with Crippen LogP contribution < -0.4 is 0 Å². The van der Waals surface area contributed by atoms with Gasteiger partial charge in [0.25, 0.3) is 0 Å². The summed E-state index contributed by atoms with van der Waals surface area (Å²) in [6.07, 6.45) is 1.56. The van der Waals surface area contributed by atoms with E-state index >= 15 is 0 Å². The van der Waals surface area contributed by atoms with Gasteiger partial charge in [0.1, 0.15) is 0 Å². The molecule has 3 rings (SSSR count). The highest BCUT2D eigenvalue weighted by molar-refractivity contribution is 5.97. The maximum atomic E-state index is 12.5. The zero-order valence-electron chi connectivity index (χ0n) is 15.1. The van der Waals surface area contributed by atoms with E-state index in [1.807, 2.05) is 29.2 Å². The smallest absolute Gasteiger partial charge is 0.223 e. The molecule has 0 unspecified atom stereocenters. The quantitative estimate of drug-likeness (QED) is 0.750. The Morgan fingerprint density at radius 1 is 0.769 bits per heavy atom. The number of Topliss-reactive ketones (excluding diaryl/α,β-unsaturated/α-hetero) is 1. The van der Waals surface area contributed by atoms with Gasteiger partial charge in [-0.3, -0.25) is 14.5 Å². The molecule has 2 aromatic carbocycles. The molecular weight excluding hydrogens is 324 g/mol. The zero-order valence-corrected chi connectivity index (χ0v) is 15.1. The Labute approximate surface area is 155 Å². The average Bonchev–Trinajstić information content (AvgIpc) is 2.93. The first-order chi connectivity index (χ1) is 12.7. The van der Waals surface area contributed by atoms with Gasteiger partial charge in [-0.25, -0.2) is 0 Å². The van der Waals surface area contributed by atoms with Crippen molar-refractivity contribution in [2.75, 3.05) is 26.2 Å². The molecule has 1 aliphatic rings. The molecule has 26 heavy (non-hydrogen) atoms. The second-order valence-electron chi connectivity index (χ2n) is 6.79. The van der Waals surface area contributed by atoms with Gasteiger partial charge in [0.05, 0.1) is 0 Å². The molecule has 0 aliphatic carbocycles. The van der Waals surface area contributed by atoms with E-state index in [1.165, 1.54) is 5.56 Å². The minimum atomic E-state index is 0.0412. The van der Waals surface area contributed by atoms with Crippen LogP contribution in [0.15, 0.2) is 60.7 Å². The van der Waals surface area contributed by atoms with Crippen molar-refractivity contribution in [3.8, 4) is 0 Å². The fourth-order valence-electron chi connectivity index (χ4n) is 3.37. The molecule has 1 aliphatic heterocycles. The Morgan fingerprint density at radius 2 is 1.46 bits per heavy atom. The zero-order chi connectivity index (χ0) is 18.2. The highest BCUT2D eigenvalue weighted by Crippen LogP contribution is 2.11. The summed E-state index contributed by atoms with van der Waals surface area (Å²) in [4.78, 5) is 29.0. The van der Waals surface area contributed by atoms with E-state index in [1.54, 1.807) is 12.1 Å². The van der Waals surface area contributed by atoms with Crippen LogP contribution in [-0.2, 0) is 11.3 Å². The number of hydrogen-bond donors (Lipinski definition) is 0. The largest absolute Gasteiger partial charge is 0.341 e. The van der Waals surface area contributed by atoms with Crippen molar-refractivity contribution < 1.29 is 9.59 Å². The standard InChI is InChI=1S/C22H26N2O2/c25-21(20-10-5-2-6-11-20)12-13-22(26)24-15-7-14-23(16-17-24)18-19-8-3-1-4-9-19/h1-6,8-11H,7,12-18H2. The molecule has 0 radical (unpaired) electrons. The van der Waals surface area contributed by atoms with Crippen LogP contribution in [0.1, 0.15) is 35.2 Å². The number of carbonyl (C=O) groups is 2. The number of carbonyl (C=O) groups excluding carboxylic acids is 2. The van der Waals surface area contributed by atoms with Crippen LogP contribution in [0.4, 0.5) is 0 Å². The number of ketones is 1. The van der Waals surface area contributed by atoms with Crippen LogP contribution in [0, 0.1) is 0 Å². The maximum absolute atomic E-state index is 12.5. The summed E-state index contributed by atoms with van der Waals surface area (Å²) in [6.45, 7) is 4.33. The van der Waals surface area contributed by atoms with E-state index in [4.69, 9.17) is 0 Å². The molecule has 0 N–H and O–H groups in total. The van der Waals surface area contributed by atoms with Crippen molar-refractivity contribution in [3.63, 3.8) is 0 Å². The molecule has 1 heterocycles. The SMILES string of the molecule is O=C(CCC(=O)N1CCCN(Cc2ccccc2)CC1)c1ccccc1. The lowest BCUT2D eigenvalue weighted by molar-refractivity contribution is -0.131. The molecule has 0 spiro atoms. The number of hydrogen-bond acceptors (Lipinski definition) is 3. The van der Waals surface area contributed by atoms with Gasteiger partial charge in [-0.05, 0) is 12.0 Å². The van der Waals surface area contributed by atoms with Gasteiger partial charge < -0.3 is 4.90 Å². The van der Waals surface area contributed by atoms with Crippen LogP contribution >= 0.6 is 0 Å². The van der Waals surface area contributed by atoms with Crippen molar-refractivity contribution in [2.24, 2.45) is 0 Å². The minimum Gasteiger partial charge on any atom is -0.341 e. The molecule has 1 saturated heterocycles. The number of amides is 1. The first kappa shape index (κ1) is 18.3. The molecule has 0 atom stereocenters. The minimum absolute atomic E-state index is 0.0412. The third-order valence-corrected chi connectivity index (χ3v) is 4.85. The molecule has 4 nitrogen and oxygen atoms in total. The lowest BCUT2D eigenvalue weighted by Gasteiger charge is -2.22. The van der Waals surface area contributed by atoms with Gasteiger partial charge in [-0.1, -0.05) is 60.7 Å². The highest BCUT2D eigenvalue weighted by atomic mass is 16.2. The molecule has 0 aromatic heterocycles. The average molecular weight is 350 g/mol. The highest BCUT2D eigenvalue weighted by Gasteiger charge is 2.20. The summed E-state index contributed by atoms with van der Waals surface area (Å²) >= 11 is 0. The second kappa shape index (κ2) is 9.30. The molecule has 136 valence electrons. The normalized spacial score (nSPS) is 15.5. The predicted octanol–water partition coefficient (Wildman–Crippen LogP) is 3.38. The number of benzene rings is 2. The van der Waals surface area contributed by atoms with Gasteiger partial charge in [0.15, 0.2) is 5.78 Å². The van der Waals surface area contributed by atoms with Crippen molar-refractivity contribution in [1.82, 2.24) is 9.80 Å². The summed E-state index contributed by atoms with van der Waals surface area (Å²) in [7, 11) is 0. The van der Waals surface area contributed by atoms with Gasteiger partial charge >= 0.3 is 0 Å². The Balaban J connectivity index is 1.46. The summed E-state index contributed by atoms with van der Waals surface area (Å²) in [5.74, 6) is 0.135. The maximum Gasteiger partial charge on any atom is 0.223 e. The first-order valence-electron chi connectivity index (χ1n) is 9.35. The molecule has 0 bridgehead atoms. The molecule has 2 aromatic rings.